The number of nitrogens with zero attached hydrogens (tertiary/aromatic N) is 4. The van der Waals surface area contributed by atoms with Crippen LogP contribution in [0.1, 0.15) is 44.0 Å². The van der Waals surface area contributed by atoms with Gasteiger partial charge in [0.2, 0.25) is 5.88 Å². The molecule has 1 fully saturated rings. The molecule has 0 unspecified atom stereocenters. The minimum Gasteiger partial charge on any atom is -0.478 e. The highest BCUT2D eigenvalue weighted by atomic mass is 16.5. The van der Waals surface area contributed by atoms with E-state index in [4.69, 9.17) is 4.74 Å². The van der Waals surface area contributed by atoms with Crippen LogP contribution in [0.4, 0.5) is 0 Å². The molecular formula is C17H25N5O2. The van der Waals surface area contributed by atoms with Crippen LogP contribution in [-0.4, -0.2) is 44.3 Å². The van der Waals surface area contributed by atoms with Gasteiger partial charge in [0, 0.05) is 31.3 Å². The van der Waals surface area contributed by atoms with E-state index >= 15 is 0 Å². The Morgan fingerprint density at radius 1 is 1.29 bits per heavy atom. The Morgan fingerprint density at radius 2 is 2.08 bits per heavy atom. The van der Waals surface area contributed by atoms with Crippen LogP contribution in [0.5, 0.6) is 5.88 Å². The first-order chi connectivity index (χ1) is 11.7. The van der Waals surface area contributed by atoms with Gasteiger partial charge in [0.15, 0.2) is 0 Å². The van der Waals surface area contributed by atoms with E-state index in [1.165, 1.54) is 5.56 Å². The van der Waals surface area contributed by atoms with Gasteiger partial charge in [-0.2, -0.15) is 5.10 Å². The largest absolute Gasteiger partial charge is 0.478 e. The Bertz CT molecular complexity index is 699. The van der Waals surface area contributed by atoms with Crippen molar-refractivity contribution in [2.24, 2.45) is 0 Å². The van der Waals surface area contributed by atoms with Crippen LogP contribution in [0, 0.1) is 0 Å². The van der Waals surface area contributed by atoms with E-state index in [0.29, 0.717) is 24.9 Å². The molecule has 0 bridgehead atoms. The van der Waals surface area contributed by atoms with E-state index in [1.807, 2.05) is 26.1 Å². The van der Waals surface area contributed by atoms with Gasteiger partial charge in [-0.15, -0.1) is 0 Å². The van der Waals surface area contributed by atoms with E-state index in [0.717, 1.165) is 38.3 Å². The molecule has 0 aliphatic carbocycles. The number of hydrogen-bond donors (Lipinski definition) is 1. The lowest BCUT2D eigenvalue weighted by atomic mass is 9.95. The summed E-state index contributed by atoms with van der Waals surface area (Å²) in [5.74, 6) is 1.94. The number of pyridine rings is 1. The molecule has 0 amide bonds. The lowest BCUT2D eigenvalue weighted by molar-refractivity contribution is 0.199. The van der Waals surface area contributed by atoms with Gasteiger partial charge in [0.25, 0.3) is 0 Å². The molecular weight excluding hydrogens is 306 g/mol. The smallest absolute Gasteiger partial charge is 0.343 e. The highest BCUT2D eigenvalue weighted by Crippen LogP contribution is 2.26. The second kappa shape index (κ2) is 7.61. The molecule has 7 nitrogen and oxygen atoms in total. The average molecular weight is 331 g/mol. The first-order valence-electron chi connectivity index (χ1n) is 8.66. The molecule has 2 aromatic rings. The topological polar surface area (TPSA) is 76.0 Å². The molecule has 130 valence electrons. The number of ether oxygens (including phenoxy) is 1. The number of likely N-dealkylation sites (tertiary alicyclic amines) is 1. The molecule has 2 aromatic heterocycles. The molecule has 1 saturated heterocycles. The first kappa shape index (κ1) is 16.7. The second-order valence-electron chi connectivity index (χ2n) is 6.12. The number of aromatic nitrogens is 4. The fourth-order valence-corrected chi connectivity index (χ4v) is 3.29. The van der Waals surface area contributed by atoms with Gasteiger partial charge >= 0.3 is 5.69 Å². The summed E-state index contributed by atoms with van der Waals surface area (Å²) < 4.78 is 7.12. The molecule has 0 atom stereocenters. The van der Waals surface area contributed by atoms with Gasteiger partial charge in [-0.1, -0.05) is 6.07 Å². The van der Waals surface area contributed by atoms with Crippen molar-refractivity contribution in [1.82, 2.24) is 24.6 Å². The zero-order chi connectivity index (χ0) is 16.9. The quantitative estimate of drug-likeness (QED) is 0.873. The summed E-state index contributed by atoms with van der Waals surface area (Å²) in [6.45, 7) is 8.14. The molecule has 7 heteroatoms. The van der Waals surface area contributed by atoms with Crippen molar-refractivity contribution in [2.45, 2.75) is 45.7 Å². The maximum Gasteiger partial charge on any atom is 0.343 e. The zero-order valence-corrected chi connectivity index (χ0v) is 14.4. The number of piperidine rings is 1. The van der Waals surface area contributed by atoms with Crippen LogP contribution in [0.3, 0.4) is 0 Å². The minimum atomic E-state index is -0.101. The van der Waals surface area contributed by atoms with Gasteiger partial charge in [-0.3, -0.25) is 9.47 Å². The van der Waals surface area contributed by atoms with Crippen molar-refractivity contribution in [3.05, 3.63) is 40.2 Å². The molecule has 24 heavy (non-hydrogen) atoms. The molecule has 0 aromatic carbocycles. The van der Waals surface area contributed by atoms with Crippen LogP contribution in [0.15, 0.2) is 23.1 Å². The van der Waals surface area contributed by atoms with E-state index in [2.05, 4.69) is 26.1 Å². The highest BCUT2D eigenvalue weighted by molar-refractivity contribution is 5.18. The maximum absolute atomic E-state index is 11.7. The third-order valence-electron chi connectivity index (χ3n) is 4.55. The Hall–Kier alpha value is -2.15. The molecule has 1 aliphatic rings. The third kappa shape index (κ3) is 3.67. The van der Waals surface area contributed by atoms with Crippen molar-refractivity contribution in [2.75, 3.05) is 19.7 Å². The van der Waals surface area contributed by atoms with Crippen LogP contribution >= 0.6 is 0 Å². The summed E-state index contributed by atoms with van der Waals surface area (Å²) in [7, 11) is 0. The summed E-state index contributed by atoms with van der Waals surface area (Å²) >= 11 is 0. The molecule has 0 spiro atoms. The molecule has 0 radical (unpaired) electrons. The van der Waals surface area contributed by atoms with E-state index in [1.54, 1.807) is 4.57 Å². The summed E-state index contributed by atoms with van der Waals surface area (Å²) in [6, 6.07) is 4.00. The number of hydrogen-bond acceptors (Lipinski definition) is 5. The normalized spacial score (nSPS) is 16.4. The van der Waals surface area contributed by atoms with E-state index in [9.17, 15) is 4.79 Å². The minimum absolute atomic E-state index is 0.101. The summed E-state index contributed by atoms with van der Waals surface area (Å²) in [5, 5.41) is 6.81. The van der Waals surface area contributed by atoms with Gasteiger partial charge in [-0.05, 0) is 45.3 Å². The number of rotatable bonds is 6. The van der Waals surface area contributed by atoms with Crippen LogP contribution in [0.25, 0.3) is 0 Å². The maximum atomic E-state index is 11.7. The lowest BCUT2D eigenvalue weighted by Crippen LogP contribution is -2.33. The van der Waals surface area contributed by atoms with Crippen molar-refractivity contribution in [1.29, 1.82) is 0 Å². The molecule has 1 aliphatic heterocycles. The van der Waals surface area contributed by atoms with Crippen molar-refractivity contribution >= 4 is 0 Å². The van der Waals surface area contributed by atoms with Crippen molar-refractivity contribution < 1.29 is 4.74 Å². The number of H-pyrrole nitrogens is 1. The molecule has 3 heterocycles. The Kier molecular flexibility index (Phi) is 5.30. The Labute approximate surface area is 141 Å². The SMILES string of the molecule is CCOc1ccc(CN2CCC(c3n[nH]c(=O)n3CC)CC2)cn1. The van der Waals surface area contributed by atoms with Crippen LogP contribution < -0.4 is 10.4 Å². The fourth-order valence-electron chi connectivity index (χ4n) is 3.29. The third-order valence-corrected chi connectivity index (χ3v) is 4.55. The lowest BCUT2D eigenvalue weighted by Gasteiger charge is -2.31. The number of nitrogens with one attached hydrogen (secondary N) is 1. The Morgan fingerprint density at radius 3 is 2.71 bits per heavy atom. The molecule has 0 saturated carbocycles. The predicted molar refractivity (Wildman–Crippen MR) is 91.2 cm³/mol. The van der Waals surface area contributed by atoms with Crippen LogP contribution in [-0.2, 0) is 13.1 Å². The summed E-state index contributed by atoms with van der Waals surface area (Å²) in [4.78, 5) is 18.5. The monoisotopic (exact) mass is 331 g/mol. The van der Waals surface area contributed by atoms with Crippen LogP contribution in [0.2, 0.25) is 0 Å². The van der Waals surface area contributed by atoms with E-state index in [-0.39, 0.29) is 5.69 Å². The van der Waals surface area contributed by atoms with Gasteiger partial charge in [0.05, 0.1) is 6.61 Å². The Balaban J connectivity index is 1.56. The molecule has 1 N–H and O–H groups in total. The summed E-state index contributed by atoms with van der Waals surface area (Å²) in [6.07, 6.45) is 3.93. The van der Waals surface area contributed by atoms with Gasteiger partial charge < -0.3 is 4.74 Å². The average Bonchev–Trinajstić information content (AvgIpc) is 2.98. The van der Waals surface area contributed by atoms with Crippen molar-refractivity contribution in [3.8, 4) is 5.88 Å². The highest BCUT2D eigenvalue weighted by Gasteiger charge is 2.25. The van der Waals surface area contributed by atoms with Crippen molar-refractivity contribution in [3.63, 3.8) is 0 Å². The second-order valence-corrected chi connectivity index (χ2v) is 6.12. The predicted octanol–water partition coefficient (Wildman–Crippen LogP) is 1.76. The standard InChI is InChI=1S/C17H25N5O2/c1-3-22-16(19-20-17(22)23)14-7-9-21(10-8-14)12-13-5-6-15(18-11-13)24-4-2/h5-6,11,14H,3-4,7-10,12H2,1-2H3,(H,20,23). The molecule has 3 rings (SSSR count). The number of aromatic amines is 1. The fraction of sp³-hybridized carbons (Fsp3) is 0.588. The van der Waals surface area contributed by atoms with Gasteiger partial charge in [0.1, 0.15) is 5.82 Å². The zero-order valence-electron chi connectivity index (χ0n) is 14.4. The van der Waals surface area contributed by atoms with Gasteiger partial charge in [-0.25, -0.2) is 14.9 Å². The van der Waals surface area contributed by atoms with E-state index < -0.39 is 0 Å². The first-order valence-corrected chi connectivity index (χ1v) is 8.66. The summed E-state index contributed by atoms with van der Waals surface area (Å²) in [5.41, 5.74) is 1.09.